The van der Waals surface area contributed by atoms with Crippen LogP contribution in [0.2, 0.25) is 0 Å². The van der Waals surface area contributed by atoms with Crippen LogP contribution in [0, 0.1) is 0 Å². The lowest BCUT2D eigenvalue weighted by Crippen LogP contribution is -2.02. The fourth-order valence-corrected chi connectivity index (χ4v) is 1.03. The maximum atomic E-state index is 5.51. The SMILES string of the molecule is ClCCCCOC1=CC=CCO1. The van der Waals surface area contributed by atoms with E-state index in [1.54, 1.807) is 0 Å². The molecule has 0 amide bonds. The van der Waals surface area contributed by atoms with Gasteiger partial charge < -0.3 is 9.47 Å². The predicted octanol–water partition coefficient (Wildman–Crippen LogP) is 2.45. The molecule has 1 heterocycles. The second-order valence-electron chi connectivity index (χ2n) is 2.47. The zero-order chi connectivity index (χ0) is 8.65. The highest BCUT2D eigenvalue weighted by atomic mass is 35.5. The summed E-state index contributed by atoms with van der Waals surface area (Å²) in [5, 5.41) is 0. The van der Waals surface area contributed by atoms with E-state index >= 15 is 0 Å². The first kappa shape index (κ1) is 9.46. The quantitative estimate of drug-likeness (QED) is 0.488. The Kier molecular flexibility index (Phi) is 4.69. The molecule has 0 radical (unpaired) electrons. The van der Waals surface area contributed by atoms with E-state index in [0.29, 0.717) is 25.0 Å². The van der Waals surface area contributed by atoms with Crippen molar-refractivity contribution in [1.82, 2.24) is 0 Å². The van der Waals surface area contributed by atoms with Crippen molar-refractivity contribution in [3.8, 4) is 0 Å². The minimum absolute atomic E-state index is 0.612. The number of halogens is 1. The van der Waals surface area contributed by atoms with Crippen molar-refractivity contribution in [3.63, 3.8) is 0 Å². The van der Waals surface area contributed by atoms with E-state index in [4.69, 9.17) is 21.1 Å². The second-order valence-corrected chi connectivity index (χ2v) is 2.85. The molecule has 0 fully saturated rings. The maximum Gasteiger partial charge on any atom is 0.279 e. The van der Waals surface area contributed by atoms with Gasteiger partial charge in [0.1, 0.15) is 6.61 Å². The Labute approximate surface area is 77.8 Å². The van der Waals surface area contributed by atoms with Crippen LogP contribution in [0.4, 0.5) is 0 Å². The van der Waals surface area contributed by atoms with Gasteiger partial charge in [-0.05, 0) is 18.9 Å². The van der Waals surface area contributed by atoms with Gasteiger partial charge in [-0.25, -0.2) is 0 Å². The van der Waals surface area contributed by atoms with Crippen LogP contribution in [0.25, 0.3) is 0 Å². The molecule has 1 aliphatic rings. The van der Waals surface area contributed by atoms with Crippen LogP contribution in [0.5, 0.6) is 0 Å². The molecule has 0 aromatic rings. The minimum atomic E-state index is 0.612. The Balaban J connectivity index is 2.06. The predicted molar refractivity (Wildman–Crippen MR) is 49.1 cm³/mol. The van der Waals surface area contributed by atoms with Crippen LogP contribution < -0.4 is 0 Å². The third-order valence-corrected chi connectivity index (χ3v) is 1.73. The Morgan fingerprint density at radius 1 is 1.50 bits per heavy atom. The topological polar surface area (TPSA) is 18.5 Å². The molecule has 0 unspecified atom stereocenters. The van der Waals surface area contributed by atoms with Crippen LogP contribution in [0.15, 0.2) is 24.2 Å². The van der Waals surface area contributed by atoms with Gasteiger partial charge >= 0.3 is 0 Å². The second kappa shape index (κ2) is 5.95. The highest BCUT2D eigenvalue weighted by molar-refractivity contribution is 6.17. The molecule has 3 heteroatoms. The van der Waals surface area contributed by atoms with E-state index in [-0.39, 0.29) is 0 Å². The first-order valence-corrected chi connectivity index (χ1v) is 4.65. The molecular weight excluding hydrogens is 176 g/mol. The van der Waals surface area contributed by atoms with Crippen molar-refractivity contribution in [2.24, 2.45) is 0 Å². The van der Waals surface area contributed by atoms with E-state index in [1.165, 1.54) is 0 Å². The first-order valence-electron chi connectivity index (χ1n) is 4.12. The number of hydrogen-bond acceptors (Lipinski definition) is 2. The van der Waals surface area contributed by atoms with Gasteiger partial charge in [0, 0.05) is 12.0 Å². The van der Waals surface area contributed by atoms with Gasteiger partial charge in [0.15, 0.2) is 0 Å². The van der Waals surface area contributed by atoms with E-state index in [0.717, 1.165) is 12.8 Å². The molecule has 0 aromatic heterocycles. The smallest absolute Gasteiger partial charge is 0.279 e. The Morgan fingerprint density at radius 3 is 3.08 bits per heavy atom. The molecule has 0 aliphatic carbocycles. The standard InChI is InChI=1S/C9H13ClO2/c10-6-2-4-8-12-9-5-1-3-7-11-9/h1,3,5H,2,4,6-8H2. The Hall–Kier alpha value is -0.630. The number of alkyl halides is 1. The average molecular weight is 189 g/mol. The number of allylic oxidation sites excluding steroid dienone is 2. The summed E-state index contributed by atoms with van der Waals surface area (Å²) in [7, 11) is 0. The van der Waals surface area contributed by atoms with E-state index in [2.05, 4.69) is 0 Å². The summed E-state index contributed by atoms with van der Waals surface area (Å²) >= 11 is 5.51. The summed E-state index contributed by atoms with van der Waals surface area (Å²) in [6, 6.07) is 0. The number of ether oxygens (including phenoxy) is 2. The van der Waals surface area contributed by atoms with Gasteiger partial charge in [0.2, 0.25) is 0 Å². The van der Waals surface area contributed by atoms with Gasteiger partial charge in [0.05, 0.1) is 6.61 Å². The monoisotopic (exact) mass is 188 g/mol. The van der Waals surface area contributed by atoms with Crippen molar-refractivity contribution in [3.05, 3.63) is 24.2 Å². The minimum Gasteiger partial charge on any atom is -0.465 e. The van der Waals surface area contributed by atoms with Gasteiger partial charge in [-0.15, -0.1) is 11.6 Å². The van der Waals surface area contributed by atoms with E-state index in [1.807, 2.05) is 18.2 Å². The summed E-state index contributed by atoms with van der Waals surface area (Å²) in [4.78, 5) is 0. The van der Waals surface area contributed by atoms with Crippen molar-refractivity contribution in [2.45, 2.75) is 12.8 Å². The Morgan fingerprint density at radius 2 is 2.42 bits per heavy atom. The highest BCUT2D eigenvalue weighted by Gasteiger charge is 1.99. The lowest BCUT2D eigenvalue weighted by Gasteiger charge is -2.11. The van der Waals surface area contributed by atoms with Gasteiger partial charge in [0.25, 0.3) is 5.95 Å². The molecule has 0 saturated heterocycles. The molecule has 0 saturated carbocycles. The van der Waals surface area contributed by atoms with Gasteiger partial charge in [-0.3, -0.25) is 0 Å². The van der Waals surface area contributed by atoms with E-state index in [9.17, 15) is 0 Å². The van der Waals surface area contributed by atoms with Crippen LogP contribution in [-0.2, 0) is 9.47 Å². The molecule has 0 atom stereocenters. The zero-order valence-corrected chi connectivity index (χ0v) is 7.72. The van der Waals surface area contributed by atoms with Crippen LogP contribution in [0.3, 0.4) is 0 Å². The van der Waals surface area contributed by atoms with Crippen LogP contribution in [-0.4, -0.2) is 19.1 Å². The molecule has 0 spiro atoms. The molecule has 0 aromatic carbocycles. The number of unbranched alkanes of at least 4 members (excludes halogenated alkanes) is 1. The molecule has 1 rings (SSSR count). The fraction of sp³-hybridized carbons (Fsp3) is 0.556. The molecule has 68 valence electrons. The third kappa shape index (κ3) is 3.67. The van der Waals surface area contributed by atoms with Crippen LogP contribution in [0.1, 0.15) is 12.8 Å². The molecule has 0 bridgehead atoms. The van der Waals surface area contributed by atoms with E-state index < -0.39 is 0 Å². The first-order chi connectivity index (χ1) is 5.93. The lowest BCUT2D eigenvalue weighted by molar-refractivity contribution is 0.0438. The molecule has 12 heavy (non-hydrogen) atoms. The summed E-state index contributed by atoms with van der Waals surface area (Å²) in [5.74, 6) is 1.32. The van der Waals surface area contributed by atoms with Crippen molar-refractivity contribution >= 4 is 11.6 Å². The number of rotatable bonds is 5. The fourth-order valence-electron chi connectivity index (χ4n) is 0.840. The molecule has 1 aliphatic heterocycles. The summed E-state index contributed by atoms with van der Waals surface area (Å²) in [6.07, 6.45) is 7.66. The summed E-state index contributed by atoms with van der Waals surface area (Å²) in [6.45, 7) is 1.30. The molecule has 0 N–H and O–H groups in total. The van der Waals surface area contributed by atoms with Crippen LogP contribution >= 0.6 is 11.6 Å². The third-order valence-electron chi connectivity index (χ3n) is 1.46. The molecular formula is C9H13ClO2. The Bertz CT molecular complexity index is 175. The normalized spacial score (nSPS) is 15.2. The number of hydrogen-bond donors (Lipinski definition) is 0. The summed E-state index contributed by atoms with van der Waals surface area (Å²) < 4.78 is 10.5. The average Bonchev–Trinajstić information content (AvgIpc) is 2.14. The summed E-state index contributed by atoms with van der Waals surface area (Å²) in [5.41, 5.74) is 0. The lowest BCUT2D eigenvalue weighted by atomic mass is 10.4. The van der Waals surface area contributed by atoms with Crippen molar-refractivity contribution in [2.75, 3.05) is 19.1 Å². The largest absolute Gasteiger partial charge is 0.465 e. The van der Waals surface area contributed by atoms with Gasteiger partial charge in [-0.2, -0.15) is 0 Å². The van der Waals surface area contributed by atoms with Crippen molar-refractivity contribution in [1.29, 1.82) is 0 Å². The van der Waals surface area contributed by atoms with Gasteiger partial charge in [-0.1, -0.05) is 6.08 Å². The van der Waals surface area contributed by atoms with Crippen molar-refractivity contribution < 1.29 is 9.47 Å². The highest BCUT2D eigenvalue weighted by Crippen LogP contribution is 2.06. The maximum absolute atomic E-state index is 5.51. The molecule has 2 nitrogen and oxygen atoms in total. The zero-order valence-electron chi connectivity index (χ0n) is 6.96.